The van der Waals surface area contributed by atoms with E-state index in [4.69, 9.17) is 16.3 Å². The number of hydrogen-bond donors (Lipinski definition) is 4. The number of ether oxygens (including phenoxy) is 1. The summed E-state index contributed by atoms with van der Waals surface area (Å²) in [4.78, 5) is 14.3. The van der Waals surface area contributed by atoms with Gasteiger partial charge in [-0.25, -0.2) is 0 Å². The number of fused-ring (bicyclic) bond motifs is 4. The highest BCUT2D eigenvalue weighted by Gasteiger charge is 2.42. The third-order valence-corrected chi connectivity index (χ3v) is 19.5. The van der Waals surface area contributed by atoms with Gasteiger partial charge in [0.2, 0.25) is 5.91 Å². The highest BCUT2D eigenvalue weighted by Crippen LogP contribution is 2.52. The molecular formula is C66H69ClN2O14S4. The fourth-order valence-electron chi connectivity index (χ4n) is 11.5. The standard InChI is InChI=1S/C66H69ClN2O14S4/c1-44-27-32-53-55(40-50(84(71,72)73)42-58(53)86(77,78)79)63(44)65(3,4)45(2)20-12-8-17-25-60-66(5,6)64-56-41-51(85(74,75)76)43-59(87(80,81)82)54(56)33-34-57(64)69(60)37-19-11-18-26-61(70)68(7)38-39-83-49-30-28-48(29-31-49)62(47-23-15-10-16-24-47)52(35-36-67)46-21-13-9-14-22-46/h8-10,12-17,20-25,27-34,40-43H,2,11,18-19,26,35-39H2,1,3-7H3,(H,71,72,73)(H,74,75,76)(H,77,78,79)(H,80,81,82)/b17-8+,20-12+,60-25+,62-52-. The molecule has 0 spiro atoms. The van der Waals surface area contributed by atoms with Crippen LogP contribution in [-0.2, 0) is 56.1 Å². The Hall–Kier alpha value is -7.24. The molecule has 0 saturated heterocycles. The average molecular weight is 1280 g/mol. The number of likely N-dealkylation sites (N-methyl/N-ethyl adjacent to an activating group) is 1. The number of hydrogen-bond acceptors (Lipinski definition) is 11. The first-order valence-corrected chi connectivity index (χ1v) is 34.1. The molecule has 0 aromatic heterocycles. The molecule has 0 aliphatic carbocycles. The van der Waals surface area contributed by atoms with Crippen LogP contribution < -0.4 is 9.64 Å². The number of anilines is 1. The first-order valence-electron chi connectivity index (χ1n) is 27.8. The third-order valence-electron chi connectivity index (χ3n) is 15.9. The normalized spacial score (nSPS) is 14.7. The number of unbranched alkanes of at least 4 members (excludes halogenated alkanes) is 2. The van der Waals surface area contributed by atoms with Crippen LogP contribution in [-0.4, -0.2) is 95.3 Å². The van der Waals surface area contributed by atoms with Gasteiger partial charge in [0, 0.05) is 58.9 Å². The zero-order valence-corrected chi connectivity index (χ0v) is 53.0. The fourth-order valence-corrected chi connectivity index (χ4v) is 14.4. The van der Waals surface area contributed by atoms with Crippen molar-refractivity contribution in [2.24, 2.45) is 0 Å². The van der Waals surface area contributed by atoms with Gasteiger partial charge in [-0.2, -0.15) is 33.7 Å². The van der Waals surface area contributed by atoms with Crippen molar-refractivity contribution in [3.63, 3.8) is 0 Å². The quantitative estimate of drug-likeness (QED) is 0.0144. The lowest BCUT2D eigenvalue weighted by Gasteiger charge is -2.30. The van der Waals surface area contributed by atoms with Gasteiger partial charge >= 0.3 is 0 Å². The van der Waals surface area contributed by atoms with E-state index in [2.05, 4.69) is 30.8 Å². The lowest BCUT2D eigenvalue weighted by Crippen LogP contribution is -2.30. The zero-order valence-electron chi connectivity index (χ0n) is 48.9. The average Bonchev–Trinajstić information content (AvgIpc) is 1.68. The van der Waals surface area contributed by atoms with Crippen LogP contribution in [0.2, 0.25) is 0 Å². The minimum Gasteiger partial charge on any atom is -0.492 e. The van der Waals surface area contributed by atoms with Gasteiger partial charge in [0.05, 0.1) is 16.3 Å². The van der Waals surface area contributed by atoms with Crippen molar-refractivity contribution in [3.05, 3.63) is 215 Å². The number of amides is 1. The second-order valence-electron chi connectivity index (χ2n) is 22.4. The number of benzene rings is 7. The fraction of sp³-hybridized carbons (Fsp3) is 0.258. The molecule has 0 bridgehead atoms. The molecule has 0 fully saturated rings. The molecule has 16 nitrogen and oxygen atoms in total. The van der Waals surface area contributed by atoms with Gasteiger partial charge in [-0.3, -0.25) is 23.0 Å². The van der Waals surface area contributed by atoms with Gasteiger partial charge in [0.1, 0.15) is 22.1 Å². The summed E-state index contributed by atoms with van der Waals surface area (Å²) in [7, 11) is -18.1. The summed E-state index contributed by atoms with van der Waals surface area (Å²) < 4.78 is 147. The molecule has 1 heterocycles. The molecule has 458 valence electrons. The second kappa shape index (κ2) is 26.2. The van der Waals surface area contributed by atoms with Crippen molar-refractivity contribution < 1.29 is 61.4 Å². The molecule has 87 heavy (non-hydrogen) atoms. The SMILES string of the molecule is C=C(/C=C/C=C/C=C1/N(CCCCCC(=O)N(C)CCOc2ccc(/C(=C(/CCCl)c3ccccc3)c3ccccc3)cc2)c2ccc3c(S(=O)(=O)O)cc(S(=O)(=O)O)cc3c2C1(C)C)C(C)(C)c1c(C)ccc2c(S(=O)(=O)O)cc(S(=O)(=O)O)cc12. The van der Waals surface area contributed by atoms with Crippen LogP contribution in [0.5, 0.6) is 5.75 Å². The van der Waals surface area contributed by atoms with Crippen LogP contribution in [0.15, 0.2) is 201 Å². The predicted molar refractivity (Wildman–Crippen MR) is 343 cm³/mol. The highest BCUT2D eigenvalue weighted by molar-refractivity contribution is 7.87. The molecule has 0 radical (unpaired) electrons. The van der Waals surface area contributed by atoms with E-state index >= 15 is 0 Å². The van der Waals surface area contributed by atoms with Crippen molar-refractivity contribution in [3.8, 4) is 5.75 Å². The molecule has 1 aliphatic rings. The maximum absolute atomic E-state index is 13.5. The zero-order chi connectivity index (χ0) is 63.4. The Morgan fingerprint density at radius 3 is 1.78 bits per heavy atom. The number of carbonyl (C=O) groups is 1. The van der Waals surface area contributed by atoms with Crippen molar-refractivity contribution in [2.45, 2.75) is 97.1 Å². The van der Waals surface area contributed by atoms with E-state index in [0.717, 1.165) is 39.6 Å². The van der Waals surface area contributed by atoms with Crippen molar-refractivity contribution in [1.29, 1.82) is 0 Å². The van der Waals surface area contributed by atoms with Crippen LogP contribution in [0, 0.1) is 6.92 Å². The Labute approximate surface area is 514 Å². The van der Waals surface area contributed by atoms with Gasteiger partial charge < -0.3 is 14.5 Å². The molecule has 21 heteroatoms. The monoisotopic (exact) mass is 1280 g/mol. The number of allylic oxidation sites excluding steroid dienone is 8. The van der Waals surface area contributed by atoms with E-state index in [-0.39, 0.29) is 40.5 Å². The van der Waals surface area contributed by atoms with E-state index < -0.39 is 70.9 Å². The maximum atomic E-state index is 13.5. The number of aryl methyl sites for hydroxylation is 1. The van der Waals surface area contributed by atoms with Gasteiger partial charge in [0.25, 0.3) is 40.5 Å². The van der Waals surface area contributed by atoms with Crippen molar-refractivity contribution in [1.82, 2.24) is 4.90 Å². The summed E-state index contributed by atoms with van der Waals surface area (Å²) in [5.41, 5.74) is 6.95. The maximum Gasteiger partial charge on any atom is 0.295 e. The van der Waals surface area contributed by atoms with Gasteiger partial charge in [-0.05, 0) is 136 Å². The van der Waals surface area contributed by atoms with Crippen LogP contribution >= 0.6 is 11.6 Å². The van der Waals surface area contributed by atoms with E-state index in [0.29, 0.717) is 90.5 Å². The van der Waals surface area contributed by atoms with Gasteiger partial charge in [-0.1, -0.05) is 156 Å². The molecule has 0 atom stereocenters. The van der Waals surface area contributed by atoms with E-state index in [1.54, 1.807) is 69.2 Å². The lowest BCUT2D eigenvalue weighted by atomic mass is 9.74. The van der Waals surface area contributed by atoms with E-state index in [1.807, 2.05) is 85.5 Å². The van der Waals surface area contributed by atoms with E-state index in [1.165, 1.54) is 18.2 Å². The summed E-state index contributed by atoms with van der Waals surface area (Å²) >= 11 is 6.36. The molecule has 0 saturated carbocycles. The van der Waals surface area contributed by atoms with E-state index in [9.17, 15) is 56.7 Å². The van der Waals surface area contributed by atoms with Crippen molar-refractivity contribution in [2.75, 3.05) is 37.5 Å². The summed E-state index contributed by atoms with van der Waals surface area (Å²) in [5, 5.41) is 0.397. The Bertz CT molecular complexity index is 4410. The molecular weight excluding hydrogens is 1210 g/mol. The molecule has 4 N–H and O–H groups in total. The topological polar surface area (TPSA) is 250 Å². The molecule has 7 aromatic rings. The smallest absolute Gasteiger partial charge is 0.295 e. The Morgan fingerprint density at radius 1 is 0.655 bits per heavy atom. The van der Waals surface area contributed by atoms with Crippen LogP contribution in [0.1, 0.15) is 93.2 Å². The number of alkyl halides is 1. The predicted octanol–water partition coefficient (Wildman–Crippen LogP) is 13.6. The Balaban J connectivity index is 0.984. The van der Waals surface area contributed by atoms with Gasteiger partial charge in [-0.15, -0.1) is 11.6 Å². The number of nitrogens with zero attached hydrogens (tertiary/aromatic N) is 2. The summed E-state index contributed by atoms with van der Waals surface area (Å²) in [6.07, 6.45) is 11.5. The number of halogens is 1. The summed E-state index contributed by atoms with van der Waals surface area (Å²) in [5.74, 6) is 1.06. The van der Waals surface area contributed by atoms with Crippen LogP contribution in [0.4, 0.5) is 5.69 Å². The molecule has 1 aliphatic heterocycles. The minimum absolute atomic E-state index is 0.0313. The Morgan fingerprint density at radius 2 is 1.21 bits per heavy atom. The lowest BCUT2D eigenvalue weighted by molar-refractivity contribution is -0.130. The first-order chi connectivity index (χ1) is 40.8. The highest BCUT2D eigenvalue weighted by atomic mass is 35.5. The summed E-state index contributed by atoms with van der Waals surface area (Å²) in [6.45, 7) is 14.4. The van der Waals surface area contributed by atoms with Crippen molar-refractivity contribution >= 4 is 96.4 Å². The molecule has 7 aromatic carbocycles. The molecule has 0 unspecified atom stereocenters. The van der Waals surface area contributed by atoms with Gasteiger partial charge in [0.15, 0.2) is 0 Å². The third kappa shape index (κ3) is 14.7. The number of rotatable bonds is 24. The van der Waals surface area contributed by atoms with Crippen LogP contribution in [0.3, 0.4) is 0 Å². The summed E-state index contributed by atoms with van der Waals surface area (Å²) in [6, 6.07) is 38.3. The second-order valence-corrected chi connectivity index (χ2v) is 28.4. The minimum atomic E-state index is -5.00. The number of carbonyl (C=O) groups excluding carboxylic acids is 1. The Kier molecular flexibility index (Phi) is 19.8. The largest absolute Gasteiger partial charge is 0.492 e. The first kappa shape index (κ1) is 65.7. The van der Waals surface area contributed by atoms with Crippen LogP contribution in [0.25, 0.3) is 32.7 Å². The molecule has 8 rings (SSSR count). The molecule has 1 amide bonds.